The largest absolute Gasteiger partial charge is 0.401 e. The summed E-state index contributed by atoms with van der Waals surface area (Å²) in [4.78, 5) is 1.44. The van der Waals surface area contributed by atoms with Gasteiger partial charge in [-0.1, -0.05) is 13.3 Å². The van der Waals surface area contributed by atoms with E-state index >= 15 is 0 Å². The second-order valence-corrected chi connectivity index (χ2v) is 3.08. The summed E-state index contributed by atoms with van der Waals surface area (Å²) in [5.74, 6) is 0.498. The third kappa shape index (κ3) is 2.69. The Bertz CT molecular complexity index is 126. The van der Waals surface area contributed by atoms with Crippen molar-refractivity contribution in [3.63, 3.8) is 0 Å². The van der Waals surface area contributed by atoms with Crippen molar-refractivity contribution in [2.24, 2.45) is 5.92 Å². The average molecular weight is 167 g/mol. The van der Waals surface area contributed by atoms with Crippen molar-refractivity contribution in [2.45, 2.75) is 19.5 Å². The van der Waals surface area contributed by atoms with E-state index in [9.17, 15) is 13.2 Å². The minimum absolute atomic E-state index is 0.498. The van der Waals surface area contributed by atoms with Gasteiger partial charge >= 0.3 is 6.18 Å². The van der Waals surface area contributed by atoms with Gasteiger partial charge in [-0.15, -0.1) is 0 Å². The number of halogens is 3. The maximum absolute atomic E-state index is 11.7. The van der Waals surface area contributed by atoms with Crippen LogP contribution in [0.15, 0.2) is 0 Å². The molecule has 0 bridgehead atoms. The summed E-state index contributed by atoms with van der Waals surface area (Å²) in [7, 11) is 0. The zero-order valence-corrected chi connectivity index (χ0v) is 6.49. The molecule has 0 aromatic carbocycles. The number of nitrogens with zero attached hydrogens (tertiary/aromatic N) is 1. The quantitative estimate of drug-likeness (QED) is 0.607. The Labute approximate surface area is 64.2 Å². The molecule has 0 aromatic heterocycles. The highest BCUT2D eigenvalue weighted by Gasteiger charge is 2.36. The molecule has 0 radical (unpaired) electrons. The molecule has 1 saturated heterocycles. The molecule has 1 heterocycles. The standard InChI is InChI=1S/C7H12F3N/c1-2-6-3-11(4-6)5-7(8,9)10/h6H,2-5H2,1H3. The van der Waals surface area contributed by atoms with Crippen LogP contribution in [0.1, 0.15) is 13.3 Å². The van der Waals surface area contributed by atoms with E-state index in [1.54, 1.807) is 0 Å². The monoisotopic (exact) mass is 167 g/mol. The molecule has 0 spiro atoms. The summed E-state index contributed by atoms with van der Waals surface area (Å²) >= 11 is 0. The van der Waals surface area contributed by atoms with E-state index in [-0.39, 0.29) is 0 Å². The third-order valence-electron chi connectivity index (χ3n) is 2.01. The van der Waals surface area contributed by atoms with E-state index in [4.69, 9.17) is 0 Å². The zero-order valence-electron chi connectivity index (χ0n) is 6.49. The van der Waals surface area contributed by atoms with Crippen LogP contribution in [-0.2, 0) is 0 Å². The van der Waals surface area contributed by atoms with E-state index < -0.39 is 12.7 Å². The molecule has 0 aliphatic carbocycles. The van der Waals surface area contributed by atoms with Gasteiger partial charge in [0, 0.05) is 13.1 Å². The summed E-state index contributed by atoms with van der Waals surface area (Å²) < 4.78 is 35.1. The van der Waals surface area contributed by atoms with E-state index in [0.717, 1.165) is 6.42 Å². The highest BCUT2D eigenvalue weighted by molar-refractivity contribution is 4.79. The SMILES string of the molecule is CCC1CN(CC(F)(F)F)C1. The van der Waals surface area contributed by atoms with Gasteiger partial charge in [0.2, 0.25) is 0 Å². The van der Waals surface area contributed by atoms with Crippen LogP contribution in [0.25, 0.3) is 0 Å². The number of hydrogen-bond acceptors (Lipinski definition) is 1. The highest BCUT2D eigenvalue weighted by atomic mass is 19.4. The maximum Gasteiger partial charge on any atom is 0.401 e. The predicted octanol–water partition coefficient (Wildman–Crippen LogP) is 1.89. The molecule has 11 heavy (non-hydrogen) atoms. The lowest BCUT2D eigenvalue weighted by Crippen LogP contribution is -2.50. The van der Waals surface area contributed by atoms with Crippen LogP contribution in [0.5, 0.6) is 0 Å². The second kappa shape index (κ2) is 3.01. The fraction of sp³-hybridized carbons (Fsp3) is 1.00. The van der Waals surface area contributed by atoms with Crippen LogP contribution in [-0.4, -0.2) is 30.7 Å². The lowest BCUT2D eigenvalue weighted by molar-refractivity contribution is -0.158. The van der Waals surface area contributed by atoms with Crippen LogP contribution >= 0.6 is 0 Å². The normalized spacial score (nSPS) is 21.8. The molecule has 1 aliphatic rings. The molecule has 1 nitrogen and oxygen atoms in total. The summed E-state index contributed by atoms with van der Waals surface area (Å²) in [6.07, 6.45) is -3.02. The Balaban J connectivity index is 2.14. The van der Waals surface area contributed by atoms with Crippen LogP contribution in [0.4, 0.5) is 13.2 Å². The van der Waals surface area contributed by atoms with Gasteiger partial charge in [0.25, 0.3) is 0 Å². The Hall–Kier alpha value is -0.250. The summed E-state index contributed by atoms with van der Waals surface area (Å²) in [5, 5.41) is 0. The zero-order chi connectivity index (χ0) is 8.48. The van der Waals surface area contributed by atoms with E-state index in [2.05, 4.69) is 0 Å². The first-order valence-electron chi connectivity index (χ1n) is 3.80. The van der Waals surface area contributed by atoms with Gasteiger partial charge in [-0.25, -0.2) is 0 Å². The molecular weight excluding hydrogens is 155 g/mol. The van der Waals surface area contributed by atoms with Crippen molar-refractivity contribution in [2.75, 3.05) is 19.6 Å². The van der Waals surface area contributed by atoms with Gasteiger partial charge in [0.15, 0.2) is 0 Å². The molecule has 66 valence electrons. The van der Waals surface area contributed by atoms with Gasteiger partial charge in [0.05, 0.1) is 6.54 Å². The first-order chi connectivity index (χ1) is 5.01. The topological polar surface area (TPSA) is 3.24 Å². The molecule has 0 amide bonds. The van der Waals surface area contributed by atoms with Gasteiger partial charge in [0.1, 0.15) is 0 Å². The molecule has 1 aliphatic heterocycles. The predicted molar refractivity (Wildman–Crippen MR) is 36.3 cm³/mol. The number of hydrogen-bond donors (Lipinski definition) is 0. The molecule has 0 unspecified atom stereocenters. The number of rotatable bonds is 2. The Morgan fingerprint density at radius 1 is 1.36 bits per heavy atom. The molecule has 0 saturated carbocycles. The summed E-state index contributed by atoms with van der Waals surface area (Å²) in [5.41, 5.74) is 0. The fourth-order valence-corrected chi connectivity index (χ4v) is 1.32. The smallest absolute Gasteiger partial charge is 0.294 e. The van der Waals surface area contributed by atoms with Crippen LogP contribution in [0.2, 0.25) is 0 Å². The van der Waals surface area contributed by atoms with Crippen molar-refractivity contribution in [3.8, 4) is 0 Å². The molecule has 1 fully saturated rings. The molecular formula is C7H12F3N. The third-order valence-corrected chi connectivity index (χ3v) is 2.01. The Kier molecular flexibility index (Phi) is 2.42. The average Bonchev–Trinajstić information content (AvgIpc) is 1.75. The van der Waals surface area contributed by atoms with Crippen molar-refractivity contribution in [1.82, 2.24) is 4.90 Å². The molecule has 0 N–H and O–H groups in total. The second-order valence-electron chi connectivity index (χ2n) is 3.08. The summed E-state index contributed by atoms with van der Waals surface area (Å²) in [6, 6.07) is 0. The number of alkyl halides is 3. The molecule has 0 aromatic rings. The van der Waals surface area contributed by atoms with Gasteiger partial charge in [-0.2, -0.15) is 13.2 Å². The first kappa shape index (κ1) is 8.84. The first-order valence-corrected chi connectivity index (χ1v) is 3.80. The van der Waals surface area contributed by atoms with E-state index in [1.165, 1.54) is 4.90 Å². The summed E-state index contributed by atoms with van der Waals surface area (Å²) in [6.45, 7) is 2.52. The van der Waals surface area contributed by atoms with Crippen molar-refractivity contribution in [1.29, 1.82) is 0 Å². The van der Waals surface area contributed by atoms with E-state index in [0.29, 0.717) is 19.0 Å². The minimum atomic E-state index is -4.02. The Morgan fingerprint density at radius 2 is 1.91 bits per heavy atom. The molecule has 4 heteroatoms. The van der Waals surface area contributed by atoms with Crippen molar-refractivity contribution in [3.05, 3.63) is 0 Å². The van der Waals surface area contributed by atoms with E-state index in [1.807, 2.05) is 6.92 Å². The van der Waals surface area contributed by atoms with Gasteiger partial charge in [-0.3, -0.25) is 4.90 Å². The lowest BCUT2D eigenvalue weighted by Gasteiger charge is -2.39. The van der Waals surface area contributed by atoms with Crippen molar-refractivity contribution < 1.29 is 13.2 Å². The minimum Gasteiger partial charge on any atom is -0.294 e. The van der Waals surface area contributed by atoms with Crippen molar-refractivity contribution >= 4 is 0 Å². The Morgan fingerprint density at radius 3 is 2.27 bits per heavy atom. The molecule has 1 rings (SSSR count). The van der Waals surface area contributed by atoms with Gasteiger partial charge in [-0.05, 0) is 5.92 Å². The lowest BCUT2D eigenvalue weighted by atomic mass is 9.98. The maximum atomic E-state index is 11.7. The van der Waals surface area contributed by atoms with Crippen LogP contribution < -0.4 is 0 Å². The number of likely N-dealkylation sites (tertiary alicyclic amines) is 1. The van der Waals surface area contributed by atoms with Crippen LogP contribution in [0, 0.1) is 5.92 Å². The van der Waals surface area contributed by atoms with Crippen LogP contribution in [0.3, 0.4) is 0 Å². The molecule has 0 atom stereocenters. The highest BCUT2D eigenvalue weighted by Crippen LogP contribution is 2.24. The fourth-order valence-electron chi connectivity index (χ4n) is 1.32. The van der Waals surface area contributed by atoms with Gasteiger partial charge < -0.3 is 0 Å².